The van der Waals surface area contributed by atoms with E-state index in [1.807, 2.05) is 48.8 Å². The van der Waals surface area contributed by atoms with Gasteiger partial charge in [0.1, 0.15) is 11.5 Å². The molecule has 0 radical (unpaired) electrons. The van der Waals surface area contributed by atoms with Crippen LogP contribution in [0.25, 0.3) is 16.8 Å². The van der Waals surface area contributed by atoms with Crippen LogP contribution in [0, 0.1) is 12.8 Å². The van der Waals surface area contributed by atoms with Gasteiger partial charge in [0.15, 0.2) is 0 Å². The zero-order valence-corrected chi connectivity index (χ0v) is 21.8. The summed E-state index contributed by atoms with van der Waals surface area (Å²) in [5.74, 6) is 2.36. The first-order chi connectivity index (χ1) is 18.6. The van der Waals surface area contributed by atoms with Crippen molar-refractivity contribution in [3.05, 3.63) is 54.9 Å². The summed E-state index contributed by atoms with van der Waals surface area (Å²) >= 11 is 0. The fourth-order valence-electron chi connectivity index (χ4n) is 5.00. The van der Waals surface area contributed by atoms with Crippen LogP contribution in [0.5, 0.6) is 0 Å². The minimum absolute atomic E-state index is 0.164. The van der Waals surface area contributed by atoms with Crippen molar-refractivity contribution in [2.24, 2.45) is 5.92 Å². The van der Waals surface area contributed by atoms with Crippen molar-refractivity contribution in [1.29, 1.82) is 0 Å². The summed E-state index contributed by atoms with van der Waals surface area (Å²) in [5, 5.41) is 12.9. The number of anilines is 2. The van der Waals surface area contributed by atoms with Crippen molar-refractivity contribution in [3.8, 4) is 11.1 Å². The number of ether oxygens (including phenoxy) is 2. The van der Waals surface area contributed by atoms with E-state index in [0.29, 0.717) is 12.6 Å². The van der Waals surface area contributed by atoms with Crippen molar-refractivity contribution >= 4 is 23.5 Å². The van der Waals surface area contributed by atoms with E-state index >= 15 is 0 Å². The number of alkyl carbamates (subject to hydrolysis) is 1. The van der Waals surface area contributed by atoms with Gasteiger partial charge in [-0.3, -0.25) is 14.5 Å². The number of hydrogen-bond donors (Lipinski definition) is 3. The van der Waals surface area contributed by atoms with Crippen molar-refractivity contribution < 1.29 is 14.3 Å². The second kappa shape index (κ2) is 11.6. The molecule has 3 saturated carbocycles. The third-order valence-electron chi connectivity index (χ3n) is 6.93. The number of pyridine rings is 1. The lowest BCUT2D eigenvalue weighted by Crippen LogP contribution is -2.68. The van der Waals surface area contributed by atoms with E-state index in [0.717, 1.165) is 47.4 Å². The standard InChI is InChI=1S/C15H13N7.C8H13NO2.C4H8O/c1-10-13(11-3-2-5-16-9-11)14-17-7-8-22(14)15(19-10)20-12-4-6-18-21-12;1-2-11-7(10)9-8-3-6(4-8)5-8;1-2-4-5-3-1/h2-9H,1H3,(H2,18,19,20,21);6H,2-5H2,1H3,(H,9,10);1-4H2. The van der Waals surface area contributed by atoms with Crippen molar-refractivity contribution in [3.63, 3.8) is 0 Å². The minimum atomic E-state index is -0.245. The number of carbonyl (C=O) groups is 1. The maximum absolute atomic E-state index is 10.9. The molecule has 200 valence electrons. The SMILES string of the molecule is C1CCOC1.CCOC(=O)NC12CC(C1)C2.Cc1nc(Nc2ccn[nH]2)n2ccnc2c1-c1cccnc1. The maximum atomic E-state index is 10.9. The molecule has 1 saturated heterocycles. The zero-order valence-electron chi connectivity index (χ0n) is 21.8. The van der Waals surface area contributed by atoms with Gasteiger partial charge in [0.25, 0.3) is 0 Å². The van der Waals surface area contributed by atoms with Crippen LogP contribution in [-0.4, -0.2) is 61.0 Å². The highest BCUT2D eigenvalue weighted by atomic mass is 16.5. The molecule has 3 N–H and O–H groups in total. The van der Waals surface area contributed by atoms with Crippen LogP contribution in [-0.2, 0) is 9.47 Å². The zero-order chi connectivity index (χ0) is 26.4. The second-order valence-corrected chi connectivity index (χ2v) is 9.78. The van der Waals surface area contributed by atoms with Crippen molar-refractivity contribution in [1.82, 2.24) is 34.9 Å². The monoisotopic (exact) mass is 518 g/mol. The topological polar surface area (TPSA) is 131 Å². The molecular formula is C27H34N8O3. The molecule has 2 bridgehead atoms. The molecule has 4 aromatic rings. The Balaban J connectivity index is 0.000000151. The van der Waals surface area contributed by atoms with Gasteiger partial charge in [0.2, 0.25) is 5.95 Å². The third kappa shape index (κ3) is 5.77. The Morgan fingerprint density at radius 1 is 1.21 bits per heavy atom. The summed E-state index contributed by atoms with van der Waals surface area (Å²) in [6.07, 6.45) is 14.7. The highest BCUT2D eigenvalue weighted by Crippen LogP contribution is 2.56. The Bertz CT molecular complexity index is 1310. The highest BCUT2D eigenvalue weighted by Gasteiger charge is 2.57. The average molecular weight is 519 g/mol. The number of imidazole rings is 1. The smallest absolute Gasteiger partial charge is 0.407 e. The van der Waals surface area contributed by atoms with Gasteiger partial charge in [0.05, 0.1) is 18.5 Å². The van der Waals surface area contributed by atoms with Gasteiger partial charge in [-0.1, -0.05) is 6.07 Å². The van der Waals surface area contributed by atoms with Gasteiger partial charge in [0, 0.05) is 60.7 Å². The van der Waals surface area contributed by atoms with E-state index in [9.17, 15) is 4.79 Å². The molecule has 1 aliphatic heterocycles. The fraction of sp³-hybridized carbons (Fsp3) is 0.444. The lowest BCUT2D eigenvalue weighted by Gasteiger charge is -2.61. The minimum Gasteiger partial charge on any atom is -0.450 e. The number of carbonyl (C=O) groups excluding carboxylic acids is 1. The van der Waals surface area contributed by atoms with E-state index < -0.39 is 0 Å². The van der Waals surface area contributed by atoms with Crippen LogP contribution in [0.3, 0.4) is 0 Å². The number of rotatable bonds is 5. The van der Waals surface area contributed by atoms with Gasteiger partial charge in [-0.15, -0.1) is 0 Å². The summed E-state index contributed by atoms with van der Waals surface area (Å²) in [5.41, 5.74) is 3.86. The molecule has 38 heavy (non-hydrogen) atoms. The normalized spacial score (nSPS) is 20.6. The predicted molar refractivity (Wildman–Crippen MR) is 143 cm³/mol. The fourth-order valence-corrected chi connectivity index (χ4v) is 5.00. The number of aromatic nitrogens is 6. The molecule has 4 fully saturated rings. The lowest BCUT2D eigenvalue weighted by atomic mass is 9.50. The van der Waals surface area contributed by atoms with Crippen LogP contribution >= 0.6 is 0 Å². The first-order valence-electron chi connectivity index (χ1n) is 13.1. The first-order valence-corrected chi connectivity index (χ1v) is 13.1. The second-order valence-electron chi connectivity index (χ2n) is 9.78. The van der Waals surface area contributed by atoms with E-state index in [4.69, 9.17) is 9.47 Å². The van der Waals surface area contributed by atoms with Crippen molar-refractivity contribution in [2.75, 3.05) is 25.1 Å². The van der Waals surface area contributed by atoms with Crippen LogP contribution in [0.4, 0.5) is 16.6 Å². The Kier molecular flexibility index (Phi) is 7.83. The number of aryl methyl sites for hydroxylation is 1. The Hall–Kier alpha value is -3.99. The van der Waals surface area contributed by atoms with Crippen LogP contribution in [0.2, 0.25) is 0 Å². The molecule has 8 rings (SSSR count). The summed E-state index contributed by atoms with van der Waals surface area (Å²) < 4.78 is 11.6. The Labute approximate surface area is 221 Å². The summed E-state index contributed by atoms with van der Waals surface area (Å²) in [6, 6.07) is 5.76. The molecule has 4 aliphatic rings. The van der Waals surface area contributed by atoms with E-state index in [1.54, 1.807) is 18.6 Å². The predicted octanol–water partition coefficient (Wildman–Crippen LogP) is 4.65. The number of H-pyrrole nitrogens is 1. The van der Waals surface area contributed by atoms with Gasteiger partial charge < -0.3 is 20.1 Å². The number of fused-ring (bicyclic) bond motifs is 1. The number of nitrogens with zero attached hydrogens (tertiary/aromatic N) is 5. The van der Waals surface area contributed by atoms with Crippen LogP contribution in [0.1, 0.15) is 44.7 Å². The van der Waals surface area contributed by atoms with Gasteiger partial charge in [-0.2, -0.15) is 5.10 Å². The summed E-state index contributed by atoms with van der Waals surface area (Å²) in [4.78, 5) is 24.3. The quantitative estimate of drug-likeness (QED) is 0.348. The molecular weight excluding hydrogens is 484 g/mol. The molecule has 1 amide bonds. The lowest BCUT2D eigenvalue weighted by molar-refractivity contribution is -0.0474. The summed E-state index contributed by atoms with van der Waals surface area (Å²) in [6.45, 7) is 6.25. The number of amides is 1. The van der Waals surface area contributed by atoms with Gasteiger partial charge >= 0.3 is 6.09 Å². The Morgan fingerprint density at radius 3 is 2.61 bits per heavy atom. The molecule has 0 atom stereocenters. The maximum Gasteiger partial charge on any atom is 0.407 e. The van der Waals surface area contributed by atoms with Crippen molar-refractivity contribution in [2.45, 2.75) is 51.5 Å². The van der Waals surface area contributed by atoms with Crippen LogP contribution in [0.15, 0.2) is 49.2 Å². The van der Waals surface area contributed by atoms with E-state index in [2.05, 4.69) is 35.8 Å². The van der Waals surface area contributed by atoms with Gasteiger partial charge in [-0.25, -0.2) is 14.8 Å². The molecule has 3 aliphatic carbocycles. The summed E-state index contributed by atoms with van der Waals surface area (Å²) in [7, 11) is 0. The highest BCUT2D eigenvalue weighted by molar-refractivity contribution is 5.80. The largest absolute Gasteiger partial charge is 0.450 e. The Morgan fingerprint density at radius 2 is 2.03 bits per heavy atom. The van der Waals surface area contributed by atoms with Gasteiger partial charge in [-0.05, 0) is 57.9 Å². The number of hydrogen-bond acceptors (Lipinski definition) is 8. The van der Waals surface area contributed by atoms with E-state index in [-0.39, 0.29) is 11.6 Å². The third-order valence-corrected chi connectivity index (χ3v) is 6.93. The molecule has 4 aromatic heterocycles. The molecule has 0 aromatic carbocycles. The van der Waals surface area contributed by atoms with Crippen LogP contribution < -0.4 is 10.6 Å². The average Bonchev–Trinajstić information content (AvgIpc) is 3.67. The number of aromatic amines is 1. The molecule has 0 spiro atoms. The number of nitrogens with one attached hydrogen (secondary N) is 3. The molecule has 0 unspecified atom stereocenters. The molecule has 11 heteroatoms. The molecule has 5 heterocycles. The van der Waals surface area contributed by atoms with E-state index in [1.165, 1.54) is 32.1 Å². The first kappa shape index (κ1) is 25.7. The molecule has 11 nitrogen and oxygen atoms in total.